The topological polar surface area (TPSA) is 21.7 Å². The monoisotopic (exact) mass is 775 g/mol. The van der Waals surface area contributed by atoms with E-state index in [1.807, 2.05) is 17.4 Å². The molecular formula is C55H37NO2S. The molecule has 0 fully saturated rings. The molecule has 8 aromatic carbocycles. The van der Waals surface area contributed by atoms with Crippen molar-refractivity contribution < 1.29 is 9.47 Å². The summed E-state index contributed by atoms with van der Waals surface area (Å²) in [6.07, 6.45) is 8.85. The predicted octanol–water partition coefficient (Wildman–Crippen LogP) is 15.9. The van der Waals surface area contributed by atoms with E-state index < -0.39 is 0 Å². The quantitative estimate of drug-likeness (QED) is 0.178. The summed E-state index contributed by atoms with van der Waals surface area (Å²) in [7, 11) is 0. The van der Waals surface area contributed by atoms with Gasteiger partial charge in [-0.15, -0.1) is 11.3 Å². The lowest BCUT2D eigenvalue weighted by Gasteiger charge is -2.33. The van der Waals surface area contributed by atoms with E-state index in [2.05, 4.69) is 193 Å². The highest BCUT2D eigenvalue weighted by Crippen LogP contribution is 2.58. The van der Waals surface area contributed by atoms with Gasteiger partial charge in [-0.2, -0.15) is 0 Å². The number of hydrogen-bond acceptors (Lipinski definition) is 4. The molecule has 1 unspecified atom stereocenters. The molecule has 1 atom stereocenters. The molecule has 0 saturated heterocycles. The van der Waals surface area contributed by atoms with Gasteiger partial charge in [-0.1, -0.05) is 146 Å². The van der Waals surface area contributed by atoms with Gasteiger partial charge in [0.25, 0.3) is 0 Å². The first-order valence-electron chi connectivity index (χ1n) is 20.3. The molecule has 2 heterocycles. The van der Waals surface area contributed by atoms with Crippen molar-refractivity contribution in [2.75, 3.05) is 4.90 Å². The van der Waals surface area contributed by atoms with E-state index in [0.717, 1.165) is 52.3 Å². The number of anilines is 3. The van der Waals surface area contributed by atoms with Crippen LogP contribution < -0.4 is 14.4 Å². The van der Waals surface area contributed by atoms with E-state index in [1.54, 1.807) is 0 Å². The molecule has 1 aliphatic heterocycles. The summed E-state index contributed by atoms with van der Waals surface area (Å²) in [6.45, 7) is 0. The Balaban J connectivity index is 1.05. The molecule has 3 nitrogen and oxygen atoms in total. The molecule has 0 N–H and O–H groups in total. The average molecular weight is 776 g/mol. The van der Waals surface area contributed by atoms with E-state index >= 15 is 0 Å². The van der Waals surface area contributed by atoms with Crippen LogP contribution in [-0.2, 0) is 6.42 Å². The molecule has 12 rings (SSSR count). The molecule has 9 aromatic rings. The van der Waals surface area contributed by atoms with Crippen LogP contribution in [0.15, 0.2) is 194 Å². The van der Waals surface area contributed by atoms with Crippen molar-refractivity contribution in [1.29, 1.82) is 0 Å². The maximum atomic E-state index is 7.20. The van der Waals surface area contributed by atoms with Crippen molar-refractivity contribution in [3.63, 3.8) is 0 Å². The Morgan fingerprint density at radius 2 is 1.15 bits per heavy atom. The fourth-order valence-corrected chi connectivity index (χ4v) is 10.7. The summed E-state index contributed by atoms with van der Waals surface area (Å²) in [6, 6.07) is 62.9. The summed E-state index contributed by atoms with van der Waals surface area (Å²) in [5.41, 5.74) is 13.8. The third-order valence-electron chi connectivity index (χ3n) is 12.1. The Labute approximate surface area is 347 Å². The summed E-state index contributed by atoms with van der Waals surface area (Å²) in [5.74, 6) is 3.20. The van der Waals surface area contributed by atoms with Crippen LogP contribution >= 0.6 is 11.3 Å². The number of fused-ring (bicyclic) bond motifs is 14. The highest BCUT2D eigenvalue weighted by Gasteiger charge is 2.32. The molecule has 2 bridgehead atoms. The van der Waals surface area contributed by atoms with Crippen LogP contribution in [0.25, 0.3) is 59.1 Å². The Bertz CT molecular complexity index is 3190. The first-order valence-corrected chi connectivity index (χ1v) is 21.1. The molecule has 0 saturated carbocycles. The predicted molar refractivity (Wildman–Crippen MR) is 246 cm³/mol. The van der Waals surface area contributed by atoms with Gasteiger partial charge in [0.2, 0.25) is 0 Å². The van der Waals surface area contributed by atoms with E-state index in [4.69, 9.17) is 9.47 Å². The number of ether oxygens (including phenoxy) is 2. The fourth-order valence-electron chi connectivity index (χ4n) is 9.47. The van der Waals surface area contributed by atoms with E-state index in [-0.39, 0.29) is 0 Å². The SMILES string of the molecule is C1=CC2CC(=C1)c1ccccc1-c1ccc3c(c1-c1ccccc1C2)Oc1cccc(N(c2ccccc2)c2ccccc2-c2cccc4c2sc2ccccc24)c1O3. The smallest absolute Gasteiger partial charge is 0.194 e. The molecule has 0 radical (unpaired) electrons. The van der Waals surface area contributed by atoms with Gasteiger partial charge in [0, 0.05) is 42.6 Å². The second-order valence-corrected chi connectivity index (χ2v) is 16.6. The number of nitrogens with zero attached hydrogens (tertiary/aromatic N) is 1. The summed E-state index contributed by atoms with van der Waals surface area (Å²) in [4.78, 5) is 2.32. The maximum absolute atomic E-state index is 7.20. The van der Waals surface area contributed by atoms with Gasteiger partial charge in [-0.3, -0.25) is 0 Å². The lowest BCUT2D eigenvalue weighted by molar-refractivity contribution is 0.362. The van der Waals surface area contributed by atoms with Crippen LogP contribution in [0.5, 0.6) is 23.0 Å². The second-order valence-electron chi connectivity index (χ2n) is 15.5. The lowest BCUT2D eigenvalue weighted by Crippen LogP contribution is -2.14. The molecule has 59 heavy (non-hydrogen) atoms. The lowest BCUT2D eigenvalue weighted by atomic mass is 9.79. The zero-order chi connectivity index (χ0) is 38.9. The minimum Gasteiger partial charge on any atom is -0.449 e. The Morgan fingerprint density at radius 3 is 2.07 bits per heavy atom. The number of para-hydroxylation sites is 3. The highest BCUT2D eigenvalue weighted by molar-refractivity contribution is 7.26. The van der Waals surface area contributed by atoms with Gasteiger partial charge in [0.05, 0.1) is 11.4 Å². The highest BCUT2D eigenvalue weighted by atomic mass is 32.1. The number of allylic oxidation sites excluding steroid dienone is 4. The van der Waals surface area contributed by atoms with Crippen molar-refractivity contribution >= 4 is 54.1 Å². The van der Waals surface area contributed by atoms with Gasteiger partial charge in [-0.05, 0) is 101 Å². The number of thiophene rings is 1. The first-order chi connectivity index (χ1) is 29.3. The Hall–Kier alpha value is -7.14. The summed E-state index contributed by atoms with van der Waals surface area (Å²) >= 11 is 1.85. The summed E-state index contributed by atoms with van der Waals surface area (Å²) in [5, 5.41) is 2.56. The Kier molecular flexibility index (Phi) is 7.92. The van der Waals surface area contributed by atoms with Crippen molar-refractivity contribution in [3.8, 4) is 56.4 Å². The standard InChI is InChI=1S/C55H37NO2S/c1-2-18-38(19-3-1)56(47-27-10-8-23-42(47)45-25-13-26-46-43-24-9-11-30-51(43)59-55(45)46)48-28-14-29-49-53(48)57-50-32-31-44-41-22-7-6-20-39(41)36-17-12-15-35(33-36)34-37-16-4-5-21-40(37)52(44)54(50)58-49/h1-32,35H,33-34H2. The van der Waals surface area contributed by atoms with Gasteiger partial charge >= 0.3 is 0 Å². The first kappa shape index (κ1) is 33.9. The van der Waals surface area contributed by atoms with Crippen molar-refractivity contribution in [2.24, 2.45) is 5.92 Å². The average Bonchev–Trinajstić information content (AvgIpc) is 3.68. The van der Waals surface area contributed by atoms with Crippen molar-refractivity contribution in [3.05, 3.63) is 205 Å². The molecule has 0 spiro atoms. The van der Waals surface area contributed by atoms with Crippen LogP contribution in [0, 0.1) is 5.92 Å². The summed E-state index contributed by atoms with van der Waals surface area (Å²) < 4.78 is 16.9. The van der Waals surface area contributed by atoms with Gasteiger partial charge in [-0.25, -0.2) is 0 Å². The van der Waals surface area contributed by atoms with Crippen LogP contribution in [0.3, 0.4) is 0 Å². The minimum absolute atomic E-state index is 0.406. The fraction of sp³-hybridized carbons (Fsp3) is 0.0545. The van der Waals surface area contributed by atoms with E-state index in [0.29, 0.717) is 23.2 Å². The minimum atomic E-state index is 0.406. The van der Waals surface area contributed by atoms with Gasteiger partial charge < -0.3 is 14.4 Å². The number of benzene rings is 8. The largest absolute Gasteiger partial charge is 0.449 e. The maximum Gasteiger partial charge on any atom is 0.194 e. The van der Waals surface area contributed by atoms with Gasteiger partial charge in [0.15, 0.2) is 23.0 Å². The zero-order valence-corrected chi connectivity index (χ0v) is 33.0. The molecule has 280 valence electrons. The van der Waals surface area contributed by atoms with Crippen LogP contribution in [0.4, 0.5) is 17.1 Å². The van der Waals surface area contributed by atoms with Crippen LogP contribution in [-0.4, -0.2) is 0 Å². The van der Waals surface area contributed by atoms with Gasteiger partial charge in [0.1, 0.15) is 0 Å². The molecule has 4 heteroatoms. The Morgan fingerprint density at radius 1 is 0.475 bits per heavy atom. The van der Waals surface area contributed by atoms with Crippen LogP contribution in [0.2, 0.25) is 0 Å². The van der Waals surface area contributed by atoms with E-state index in [9.17, 15) is 0 Å². The second kappa shape index (κ2) is 13.8. The van der Waals surface area contributed by atoms with Crippen molar-refractivity contribution in [2.45, 2.75) is 12.8 Å². The van der Waals surface area contributed by atoms with Crippen LogP contribution in [0.1, 0.15) is 17.5 Å². The number of rotatable bonds is 4. The third kappa shape index (κ3) is 5.55. The molecule has 0 amide bonds. The molecule has 3 aliphatic rings. The van der Waals surface area contributed by atoms with E-state index in [1.165, 1.54) is 53.6 Å². The normalized spacial score (nSPS) is 14.8. The van der Waals surface area contributed by atoms with Crippen molar-refractivity contribution in [1.82, 2.24) is 0 Å². The molecule has 2 aliphatic carbocycles. The number of hydrogen-bond donors (Lipinski definition) is 0. The molecule has 1 aromatic heterocycles. The zero-order valence-electron chi connectivity index (χ0n) is 32.1. The molecular weight excluding hydrogens is 739 g/mol. The third-order valence-corrected chi connectivity index (χ3v) is 13.3.